The summed E-state index contributed by atoms with van der Waals surface area (Å²) in [5.41, 5.74) is 0.689. The number of aromatic nitrogens is 1. The van der Waals surface area contributed by atoms with Gasteiger partial charge in [0.15, 0.2) is 0 Å². The fourth-order valence-electron chi connectivity index (χ4n) is 5.87. The Morgan fingerprint density at radius 2 is 1.78 bits per heavy atom. The minimum absolute atomic E-state index is 0.0169. The first-order valence-corrected chi connectivity index (χ1v) is 13.4. The first kappa shape index (κ1) is 26.1. The van der Waals surface area contributed by atoms with Gasteiger partial charge in [-0.1, -0.05) is 50.1 Å². The highest BCUT2D eigenvalue weighted by Gasteiger charge is 2.36. The van der Waals surface area contributed by atoms with E-state index in [1.165, 1.54) is 5.56 Å². The monoisotopic (exact) mass is 493 g/mol. The van der Waals surface area contributed by atoms with Crippen LogP contribution < -0.4 is 10.7 Å². The lowest BCUT2D eigenvalue weighted by molar-refractivity contribution is 0.0605. The molecule has 0 bridgehead atoms. The van der Waals surface area contributed by atoms with Crippen molar-refractivity contribution in [2.75, 3.05) is 26.8 Å². The number of ether oxygens (including phenoxy) is 1. The predicted octanol–water partition coefficient (Wildman–Crippen LogP) is 4.14. The first-order valence-electron chi connectivity index (χ1n) is 13.4. The average Bonchev–Trinajstić information content (AvgIpc) is 3.41. The average molecular weight is 494 g/mol. The summed E-state index contributed by atoms with van der Waals surface area (Å²) in [6.45, 7) is 4.04. The predicted molar refractivity (Wildman–Crippen MR) is 140 cm³/mol. The number of piperidine rings is 1. The number of hydrogen-bond donors (Lipinski definition) is 1. The van der Waals surface area contributed by atoms with E-state index in [4.69, 9.17) is 4.74 Å². The Bertz CT molecular complexity index is 1110. The Morgan fingerprint density at radius 3 is 2.47 bits per heavy atom. The van der Waals surface area contributed by atoms with Gasteiger partial charge in [0.25, 0.3) is 11.8 Å². The number of likely N-dealkylation sites (tertiary alicyclic amines) is 1. The molecule has 1 aliphatic carbocycles. The molecule has 1 saturated carbocycles. The highest BCUT2D eigenvalue weighted by atomic mass is 16.5. The fourth-order valence-corrected chi connectivity index (χ4v) is 5.87. The van der Waals surface area contributed by atoms with Crippen LogP contribution in [-0.2, 0) is 16.7 Å². The molecule has 36 heavy (non-hydrogen) atoms. The standard InChI is InChI=1S/C29H39N3O4/c1-3-23-13-7-10-16-32(23)28(35)25-20-31(17-18-36-2)19-24(26(25)33)27(34)30-21-29(14-8-9-15-29)22-11-5-4-6-12-22/h4-6,11-12,19-20,23H,3,7-10,13-18,21H2,1-2H3,(H,30,34)/t23-/m0/s1. The van der Waals surface area contributed by atoms with E-state index in [1.807, 2.05) is 23.1 Å². The van der Waals surface area contributed by atoms with Crippen molar-refractivity contribution in [1.29, 1.82) is 0 Å². The first-order chi connectivity index (χ1) is 17.5. The topological polar surface area (TPSA) is 80.6 Å². The van der Waals surface area contributed by atoms with E-state index in [0.29, 0.717) is 26.2 Å². The summed E-state index contributed by atoms with van der Waals surface area (Å²) in [5, 5.41) is 3.06. The van der Waals surface area contributed by atoms with E-state index in [9.17, 15) is 14.4 Å². The number of carbonyl (C=O) groups excluding carboxylic acids is 2. The van der Waals surface area contributed by atoms with Crippen LogP contribution in [0.4, 0.5) is 0 Å². The molecule has 7 nitrogen and oxygen atoms in total. The molecule has 1 saturated heterocycles. The van der Waals surface area contributed by atoms with E-state index in [-0.39, 0.29) is 28.5 Å². The zero-order valence-corrected chi connectivity index (χ0v) is 21.6. The molecule has 1 aromatic carbocycles. The number of benzene rings is 1. The molecular weight excluding hydrogens is 454 g/mol. The van der Waals surface area contributed by atoms with Crippen LogP contribution >= 0.6 is 0 Å². The van der Waals surface area contributed by atoms with Gasteiger partial charge < -0.3 is 19.5 Å². The number of nitrogens with zero attached hydrogens (tertiary/aromatic N) is 2. The van der Waals surface area contributed by atoms with Gasteiger partial charge in [-0.05, 0) is 44.1 Å². The largest absolute Gasteiger partial charge is 0.383 e. The number of methoxy groups -OCH3 is 1. The smallest absolute Gasteiger partial charge is 0.259 e. The molecular formula is C29H39N3O4. The third kappa shape index (κ3) is 5.56. The Kier molecular flexibility index (Phi) is 8.62. The molecule has 1 atom stereocenters. The van der Waals surface area contributed by atoms with Crippen molar-refractivity contribution >= 4 is 11.8 Å². The maximum absolute atomic E-state index is 13.5. The van der Waals surface area contributed by atoms with Gasteiger partial charge in [-0.3, -0.25) is 14.4 Å². The Balaban J connectivity index is 1.62. The third-order valence-electron chi connectivity index (χ3n) is 8.00. The van der Waals surface area contributed by atoms with Gasteiger partial charge in [-0.15, -0.1) is 0 Å². The summed E-state index contributed by atoms with van der Waals surface area (Å²) >= 11 is 0. The second kappa shape index (κ2) is 11.9. The van der Waals surface area contributed by atoms with E-state index >= 15 is 0 Å². The van der Waals surface area contributed by atoms with Gasteiger partial charge in [0.2, 0.25) is 5.43 Å². The second-order valence-electron chi connectivity index (χ2n) is 10.2. The van der Waals surface area contributed by atoms with E-state index in [2.05, 4.69) is 24.4 Å². The summed E-state index contributed by atoms with van der Waals surface area (Å²) in [5.74, 6) is -0.697. The van der Waals surface area contributed by atoms with Crippen molar-refractivity contribution < 1.29 is 14.3 Å². The van der Waals surface area contributed by atoms with Crippen molar-refractivity contribution in [1.82, 2.24) is 14.8 Å². The number of hydrogen-bond acceptors (Lipinski definition) is 4. The molecule has 2 aromatic rings. The lowest BCUT2D eigenvalue weighted by atomic mass is 9.79. The lowest BCUT2D eigenvalue weighted by Gasteiger charge is -2.35. The number of nitrogens with one attached hydrogen (secondary N) is 1. The zero-order valence-electron chi connectivity index (χ0n) is 21.6. The third-order valence-corrected chi connectivity index (χ3v) is 8.00. The number of amides is 2. The van der Waals surface area contributed by atoms with Crippen molar-refractivity contribution in [2.45, 2.75) is 76.3 Å². The minimum atomic E-state index is -0.494. The molecule has 2 aliphatic rings. The molecule has 1 N–H and O–H groups in total. The van der Waals surface area contributed by atoms with Crippen molar-refractivity contribution in [3.05, 3.63) is 69.6 Å². The van der Waals surface area contributed by atoms with Crippen LogP contribution in [0.5, 0.6) is 0 Å². The molecule has 2 amide bonds. The highest BCUT2D eigenvalue weighted by molar-refractivity contribution is 5.99. The van der Waals surface area contributed by atoms with Gasteiger partial charge in [0, 0.05) is 50.6 Å². The van der Waals surface area contributed by atoms with E-state index in [0.717, 1.165) is 51.4 Å². The zero-order chi connectivity index (χ0) is 25.5. The van der Waals surface area contributed by atoms with Gasteiger partial charge >= 0.3 is 0 Å². The van der Waals surface area contributed by atoms with Crippen LogP contribution in [0.3, 0.4) is 0 Å². The van der Waals surface area contributed by atoms with E-state index < -0.39 is 11.3 Å². The molecule has 0 spiro atoms. The maximum atomic E-state index is 13.5. The van der Waals surface area contributed by atoms with Crippen LogP contribution in [0.25, 0.3) is 0 Å². The summed E-state index contributed by atoms with van der Waals surface area (Å²) in [6, 6.07) is 10.4. The molecule has 7 heteroatoms. The Labute approximate surface area is 213 Å². The molecule has 1 aromatic heterocycles. The number of carbonyl (C=O) groups is 2. The van der Waals surface area contributed by atoms with Crippen LogP contribution in [0.15, 0.2) is 47.5 Å². The van der Waals surface area contributed by atoms with Crippen molar-refractivity contribution in [3.8, 4) is 0 Å². The van der Waals surface area contributed by atoms with Gasteiger partial charge in [0.1, 0.15) is 11.1 Å². The highest BCUT2D eigenvalue weighted by Crippen LogP contribution is 2.40. The van der Waals surface area contributed by atoms with Crippen LogP contribution in [0.1, 0.15) is 84.6 Å². The minimum Gasteiger partial charge on any atom is -0.383 e. The maximum Gasteiger partial charge on any atom is 0.259 e. The van der Waals surface area contributed by atoms with Crippen LogP contribution in [0, 0.1) is 0 Å². The normalized spacial score (nSPS) is 19.3. The van der Waals surface area contributed by atoms with Crippen molar-refractivity contribution in [2.24, 2.45) is 0 Å². The molecule has 1 aliphatic heterocycles. The second-order valence-corrected chi connectivity index (χ2v) is 10.2. The van der Waals surface area contributed by atoms with Crippen LogP contribution in [-0.4, -0.2) is 54.1 Å². The van der Waals surface area contributed by atoms with Gasteiger partial charge in [0.05, 0.1) is 6.61 Å². The van der Waals surface area contributed by atoms with Gasteiger partial charge in [-0.2, -0.15) is 0 Å². The molecule has 0 radical (unpaired) electrons. The fraction of sp³-hybridized carbons (Fsp3) is 0.552. The van der Waals surface area contributed by atoms with Gasteiger partial charge in [-0.25, -0.2) is 0 Å². The molecule has 2 heterocycles. The number of pyridine rings is 1. The summed E-state index contributed by atoms with van der Waals surface area (Å²) < 4.78 is 6.95. The van der Waals surface area contributed by atoms with Crippen LogP contribution in [0.2, 0.25) is 0 Å². The lowest BCUT2D eigenvalue weighted by Crippen LogP contribution is -2.46. The molecule has 194 valence electrons. The van der Waals surface area contributed by atoms with E-state index in [1.54, 1.807) is 24.1 Å². The quantitative estimate of drug-likeness (QED) is 0.569. The Morgan fingerprint density at radius 1 is 1.06 bits per heavy atom. The Hall–Kier alpha value is -2.93. The molecule has 0 unspecified atom stereocenters. The summed E-state index contributed by atoms with van der Waals surface area (Å²) in [7, 11) is 1.60. The van der Waals surface area contributed by atoms with Crippen molar-refractivity contribution in [3.63, 3.8) is 0 Å². The molecule has 4 rings (SSSR count). The summed E-state index contributed by atoms with van der Waals surface area (Å²) in [6.07, 6.45) is 11.2. The SMILES string of the molecule is CC[C@H]1CCCCN1C(=O)c1cn(CCOC)cc(C(=O)NCC2(c3ccccc3)CCCC2)c1=O. The summed E-state index contributed by atoms with van der Waals surface area (Å²) in [4.78, 5) is 42.3. The molecule has 2 fully saturated rings. The number of rotatable bonds is 9.